The molecule has 2 N–H and O–H groups in total. The lowest BCUT2D eigenvalue weighted by Crippen LogP contribution is -2.32. The molecule has 0 spiro atoms. The fourth-order valence-electron chi connectivity index (χ4n) is 1.13. The quantitative estimate of drug-likeness (QED) is 0.542. The molecule has 1 aliphatic rings. The molecular formula is C7H14N2O. The molecule has 0 aromatic carbocycles. The maximum atomic E-state index is 10.9. The third-order valence-electron chi connectivity index (χ3n) is 1.93. The van der Waals surface area contributed by atoms with Gasteiger partial charge in [0.15, 0.2) is 5.78 Å². The summed E-state index contributed by atoms with van der Waals surface area (Å²) in [5, 5.41) is 0. The lowest BCUT2D eigenvalue weighted by molar-refractivity contribution is -0.117. The third kappa shape index (κ3) is 1.36. The largest absolute Gasteiger partial charge is 0.320 e. The van der Waals surface area contributed by atoms with E-state index in [1.165, 1.54) is 0 Å². The van der Waals surface area contributed by atoms with Gasteiger partial charge in [-0.25, -0.2) is 0 Å². The number of carbonyl (C=O) groups excluding carboxylic acids is 1. The smallest absolute Gasteiger partial charge is 0.164 e. The van der Waals surface area contributed by atoms with Crippen molar-refractivity contribution < 1.29 is 4.79 Å². The Bertz CT molecular complexity index is 145. The third-order valence-corrected chi connectivity index (χ3v) is 1.93. The van der Waals surface area contributed by atoms with E-state index < -0.39 is 0 Å². The van der Waals surface area contributed by atoms with E-state index in [0.29, 0.717) is 12.6 Å². The molecule has 1 heterocycles. The van der Waals surface area contributed by atoms with Gasteiger partial charge < -0.3 is 5.73 Å². The van der Waals surface area contributed by atoms with Crippen LogP contribution < -0.4 is 5.73 Å². The average molecular weight is 142 g/mol. The Balaban J connectivity index is 2.49. The van der Waals surface area contributed by atoms with Crippen LogP contribution in [-0.4, -0.2) is 35.9 Å². The van der Waals surface area contributed by atoms with Gasteiger partial charge in [-0.2, -0.15) is 0 Å². The van der Waals surface area contributed by atoms with Crippen LogP contribution in [0.15, 0.2) is 0 Å². The van der Waals surface area contributed by atoms with Crippen molar-refractivity contribution in [3.8, 4) is 0 Å². The summed E-state index contributed by atoms with van der Waals surface area (Å²) in [5.41, 5.74) is 5.52. The molecule has 3 heteroatoms. The number of likely N-dealkylation sites (tertiary alicyclic amines) is 1. The van der Waals surface area contributed by atoms with E-state index in [2.05, 4.69) is 18.7 Å². The Kier molecular flexibility index (Phi) is 2.06. The van der Waals surface area contributed by atoms with Crippen LogP contribution in [0, 0.1) is 0 Å². The molecule has 0 aromatic heterocycles. The summed E-state index contributed by atoms with van der Waals surface area (Å²) in [7, 11) is 0. The number of rotatable bonds is 1. The number of nitrogens with zero attached hydrogens (tertiary/aromatic N) is 1. The van der Waals surface area contributed by atoms with Crippen molar-refractivity contribution in [3.63, 3.8) is 0 Å². The number of carbonyl (C=O) groups is 1. The zero-order chi connectivity index (χ0) is 7.72. The first kappa shape index (κ1) is 7.69. The van der Waals surface area contributed by atoms with Crippen molar-refractivity contribution >= 4 is 5.78 Å². The summed E-state index contributed by atoms with van der Waals surface area (Å²) < 4.78 is 0. The molecule has 0 saturated carbocycles. The van der Waals surface area contributed by atoms with Crippen LogP contribution in [0.5, 0.6) is 0 Å². The zero-order valence-corrected chi connectivity index (χ0v) is 6.50. The van der Waals surface area contributed by atoms with Crippen molar-refractivity contribution in [2.75, 3.05) is 13.1 Å². The summed E-state index contributed by atoms with van der Waals surface area (Å²) >= 11 is 0. The standard InChI is InChI=1S/C7H14N2O/c1-5(2)9-3-6(8)7(10)4-9/h5-6H,3-4,8H2,1-2H3/t6-/m0/s1. The van der Waals surface area contributed by atoms with Crippen molar-refractivity contribution in [3.05, 3.63) is 0 Å². The normalized spacial score (nSPS) is 28.4. The topological polar surface area (TPSA) is 46.3 Å². The molecule has 1 fully saturated rings. The molecule has 1 atom stereocenters. The van der Waals surface area contributed by atoms with Gasteiger partial charge in [0.25, 0.3) is 0 Å². The molecule has 1 saturated heterocycles. The van der Waals surface area contributed by atoms with Crippen molar-refractivity contribution in [1.29, 1.82) is 0 Å². The first-order valence-electron chi connectivity index (χ1n) is 3.63. The molecule has 0 radical (unpaired) electrons. The Morgan fingerprint density at radius 3 is 2.50 bits per heavy atom. The number of ketones is 1. The second-order valence-corrected chi connectivity index (χ2v) is 3.10. The minimum absolute atomic E-state index is 0.175. The van der Waals surface area contributed by atoms with Gasteiger partial charge in [-0.15, -0.1) is 0 Å². The van der Waals surface area contributed by atoms with Gasteiger partial charge in [0.05, 0.1) is 12.6 Å². The molecule has 3 nitrogen and oxygen atoms in total. The SMILES string of the molecule is CC(C)N1CC(=O)[C@@H](N)C1. The van der Waals surface area contributed by atoms with Gasteiger partial charge >= 0.3 is 0 Å². The van der Waals surface area contributed by atoms with E-state index in [1.54, 1.807) is 0 Å². The average Bonchev–Trinajstić information content (AvgIpc) is 2.13. The molecule has 0 bridgehead atoms. The van der Waals surface area contributed by atoms with Gasteiger partial charge in [-0.3, -0.25) is 9.69 Å². The molecule has 1 rings (SSSR count). The molecular weight excluding hydrogens is 128 g/mol. The zero-order valence-electron chi connectivity index (χ0n) is 6.50. The van der Waals surface area contributed by atoms with Gasteiger partial charge in [0.2, 0.25) is 0 Å². The summed E-state index contributed by atoms with van der Waals surface area (Å²) in [6.07, 6.45) is 0. The van der Waals surface area contributed by atoms with Crippen LogP contribution in [0.2, 0.25) is 0 Å². The predicted octanol–water partition coefficient (Wildman–Crippen LogP) is -0.393. The molecule has 10 heavy (non-hydrogen) atoms. The van der Waals surface area contributed by atoms with Crippen LogP contribution in [0.25, 0.3) is 0 Å². The summed E-state index contributed by atoms with van der Waals surface area (Å²) in [6.45, 7) is 5.42. The van der Waals surface area contributed by atoms with Crippen LogP contribution in [0.3, 0.4) is 0 Å². The Labute approximate surface area is 61.2 Å². The van der Waals surface area contributed by atoms with E-state index in [-0.39, 0.29) is 11.8 Å². The Morgan fingerprint density at radius 1 is 1.70 bits per heavy atom. The van der Waals surface area contributed by atoms with Gasteiger partial charge in [0, 0.05) is 12.6 Å². The molecule has 0 aromatic rings. The summed E-state index contributed by atoms with van der Waals surface area (Å²) in [4.78, 5) is 13.0. The highest BCUT2D eigenvalue weighted by Crippen LogP contribution is 2.06. The fraction of sp³-hybridized carbons (Fsp3) is 0.857. The fourth-order valence-corrected chi connectivity index (χ4v) is 1.13. The van der Waals surface area contributed by atoms with Crippen LogP contribution in [0.1, 0.15) is 13.8 Å². The van der Waals surface area contributed by atoms with E-state index >= 15 is 0 Å². The molecule has 1 aliphatic heterocycles. The Hall–Kier alpha value is -0.410. The minimum atomic E-state index is -0.234. The van der Waals surface area contributed by atoms with Crippen molar-refractivity contribution in [2.24, 2.45) is 5.73 Å². The minimum Gasteiger partial charge on any atom is -0.320 e. The van der Waals surface area contributed by atoms with E-state index in [1.807, 2.05) is 0 Å². The second-order valence-electron chi connectivity index (χ2n) is 3.10. The highest BCUT2D eigenvalue weighted by atomic mass is 16.1. The van der Waals surface area contributed by atoms with E-state index in [4.69, 9.17) is 5.73 Å². The molecule has 0 aliphatic carbocycles. The first-order valence-corrected chi connectivity index (χ1v) is 3.63. The predicted molar refractivity (Wildman–Crippen MR) is 39.7 cm³/mol. The lowest BCUT2D eigenvalue weighted by Gasteiger charge is -2.17. The first-order chi connectivity index (χ1) is 4.61. The lowest BCUT2D eigenvalue weighted by atomic mass is 10.3. The summed E-state index contributed by atoms with van der Waals surface area (Å²) in [6, 6.07) is 0.208. The number of hydrogen-bond donors (Lipinski definition) is 1. The maximum Gasteiger partial charge on any atom is 0.164 e. The van der Waals surface area contributed by atoms with Crippen LogP contribution in [-0.2, 0) is 4.79 Å². The van der Waals surface area contributed by atoms with Gasteiger partial charge in [-0.1, -0.05) is 0 Å². The monoisotopic (exact) mass is 142 g/mol. The maximum absolute atomic E-state index is 10.9. The Morgan fingerprint density at radius 2 is 2.30 bits per heavy atom. The van der Waals surface area contributed by atoms with Gasteiger partial charge in [0.1, 0.15) is 0 Å². The molecule has 0 unspecified atom stereocenters. The highest BCUT2D eigenvalue weighted by Gasteiger charge is 2.28. The second kappa shape index (κ2) is 2.68. The number of hydrogen-bond acceptors (Lipinski definition) is 3. The number of nitrogens with two attached hydrogens (primary N) is 1. The van der Waals surface area contributed by atoms with Crippen LogP contribution >= 0.6 is 0 Å². The number of Topliss-reactive ketones (excluding diaryl/α,β-unsaturated/α-hetero) is 1. The van der Waals surface area contributed by atoms with Crippen molar-refractivity contribution in [1.82, 2.24) is 4.90 Å². The highest BCUT2D eigenvalue weighted by molar-refractivity contribution is 5.87. The summed E-state index contributed by atoms with van der Waals surface area (Å²) in [5.74, 6) is 0.175. The van der Waals surface area contributed by atoms with E-state index in [9.17, 15) is 4.79 Å². The van der Waals surface area contributed by atoms with Crippen molar-refractivity contribution in [2.45, 2.75) is 25.9 Å². The van der Waals surface area contributed by atoms with Gasteiger partial charge in [-0.05, 0) is 13.8 Å². The van der Waals surface area contributed by atoms with Crippen LogP contribution in [0.4, 0.5) is 0 Å². The molecule has 58 valence electrons. The molecule has 0 amide bonds. The van der Waals surface area contributed by atoms with E-state index in [0.717, 1.165) is 6.54 Å².